The molecule has 1 amide bonds. The van der Waals surface area contributed by atoms with E-state index in [0.717, 1.165) is 45.4 Å². The molecule has 0 aromatic rings. The fourth-order valence-corrected chi connectivity index (χ4v) is 2.20. The molecule has 4 heteroatoms. The number of nitrogens with zero attached hydrogens (tertiary/aromatic N) is 1. The Balaban J connectivity index is 1.91. The van der Waals surface area contributed by atoms with Gasteiger partial charge in [-0.05, 0) is 25.7 Å². The summed E-state index contributed by atoms with van der Waals surface area (Å²) < 4.78 is 5.36. The average Bonchev–Trinajstić information content (AvgIpc) is 3.01. The summed E-state index contributed by atoms with van der Waals surface area (Å²) >= 11 is 0. The summed E-state index contributed by atoms with van der Waals surface area (Å²) in [6, 6.07) is 0.147. The monoisotopic (exact) mass is 226 g/mol. The number of hydrogen-bond acceptors (Lipinski definition) is 3. The smallest absolute Gasteiger partial charge is 0.239 e. The van der Waals surface area contributed by atoms with E-state index in [1.165, 1.54) is 0 Å². The molecular weight excluding hydrogens is 204 g/mol. The lowest BCUT2D eigenvalue weighted by Crippen LogP contribution is -2.46. The van der Waals surface area contributed by atoms with Crippen molar-refractivity contribution in [1.82, 2.24) is 4.90 Å². The summed E-state index contributed by atoms with van der Waals surface area (Å²) in [4.78, 5) is 14.1. The lowest BCUT2D eigenvalue weighted by atomic mass is 10.1. The van der Waals surface area contributed by atoms with Crippen LogP contribution in [0.25, 0.3) is 0 Å². The molecule has 1 aliphatic carbocycles. The molecule has 4 nitrogen and oxygen atoms in total. The van der Waals surface area contributed by atoms with Gasteiger partial charge in [0.15, 0.2) is 0 Å². The molecule has 2 N–H and O–H groups in total. The first-order valence-electron chi connectivity index (χ1n) is 6.36. The molecule has 2 aliphatic rings. The van der Waals surface area contributed by atoms with Gasteiger partial charge < -0.3 is 15.4 Å². The Morgan fingerprint density at radius 2 is 2.25 bits per heavy atom. The molecule has 1 aliphatic heterocycles. The Morgan fingerprint density at radius 3 is 2.75 bits per heavy atom. The minimum absolute atomic E-state index is 0.136. The zero-order chi connectivity index (χ0) is 11.5. The van der Waals surface area contributed by atoms with Crippen molar-refractivity contribution in [2.75, 3.05) is 19.8 Å². The first-order chi connectivity index (χ1) is 7.72. The van der Waals surface area contributed by atoms with E-state index in [9.17, 15) is 4.79 Å². The molecule has 1 unspecified atom stereocenters. The summed E-state index contributed by atoms with van der Waals surface area (Å²) in [5, 5.41) is 0. The van der Waals surface area contributed by atoms with Crippen molar-refractivity contribution < 1.29 is 9.53 Å². The van der Waals surface area contributed by atoms with Gasteiger partial charge >= 0.3 is 0 Å². The molecule has 1 heterocycles. The van der Waals surface area contributed by atoms with Crippen molar-refractivity contribution in [3.05, 3.63) is 0 Å². The third kappa shape index (κ3) is 2.74. The van der Waals surface area contributed by atoms with Gasteiger partial charge in [0, 0.05) is 25.1 Å². The maximum atomic E-state index is 12.1. The van der Waals surface area contributed by atoms with Crippen LogP contribution in [0.4, 0.5) is 0 Å². The number of amides is 1. The Morgan fingerprint density at radius 1 is 1.50 bits per heavy atom. The lowest BCUT2D eigenvalue weighted by Gasteiger charge is -2.27. The van der Waals surface area contributed by atoms with Crippen LogP contribution in [0, 0.1) is 5.92 Å². The van der Waals surface area contributed by atoms with Crippen LogP contribution in [0.3, 0.4) is 0 Å². The summed E-state index contributed by atoms with van der Waals surface area (Å²) in [6.45, 7) is 4.46. The van der Waals surface area contributed by atoms with Crippen LogP contribution in [0.2, 0.25) is 0 Å². The number of carbonyl (C=O) groups excluding carboxylic acids is 1. The molecule has 2 atom stereocenters. The topological polar surface area (TPSA) is 55.6 Å². The summed E-state index contributed by atoms with van der Waals surface area (Å²) in [6.07, 6.45) is 4.10. The van der Waals surface area contributed by atoms with Gasteiger partial charge in [-0.15, -0.1) is 0 Å². The van der Waals surface area contributed by atoms with E-state index in [1.54, 1.807) is 0 Å². The third-order valence-corrected chi connectivity index (χ3v) is 3.51. The minimum Gasteiger partial charge on any atom is -0.381 e. The van der Waals surface area contributed by atoms with Crippen molar-refractivity contribution >= 4 is 5.91 Å². The van der Waals surface area contributed by atoms with Gasteiger partial charge in [0.05, 0.1) is 12.6 Å². The first-order valence-corrected chi connectivity index (χ1v) is 6.36. The van der Waals surface area contributed by atoms with E-state index >= 15 is 0 Å². The average molecular weight is 226 g/mol. The zero-order valence-corrected chi connectivity index (χ0v) is 10.0. The maximum Gasteiger partial charge on any atom is 0.239 e. The van der Waals surface area contributed by atoms with Crippen LogP contribution in [-0.2, 0) is 9.53 Å². The predicted octanol–water partition coefficient (Wildman–Crippen LogP) is 0.751. The fourth-order valence-electron chi connectivity index (χ4n) is 2.20. The van der Waals surface area contributed by atoms with E-state index in [4.69, 9.17) is 10.5 Å². The Bertz CT molecular complexity index is 247. The minimum atomic E-state index is -0.317. The summed E-state index contributed by atoms with van der Waals surface area (Å²) in [7, 11) is 0. The fraction of sp³-hybridized carbons (Fsp3) is 0.917. The SMILES string of the molecule is CC[C@H](N)C(=O)N(CC1CCOC1)C1CC1. The second-order valence-electron chi connectivity index (χ2n) is 4.97. The molecule has 0 aromatic carbocycles. The highest BCUT2D eigenvalue weighted by Crippen LogP contribution is 2.29. The van der Waals surface area contributed by atoms with Crippen molar-refractivity contribution in [2.24, 2.45) is 11.7 Å². The van der Waals surface area contributed by atoms with E-state index < -0.39 is 0 Å². The molecule has 16 heavy (non-hydrogen) atoms. The molecule has 2 fully saturated rings. The highest BCUT2D eigenvalue weighted by Gasteiger charge is 2.36. The molecule has 2 rings (SSSR count). The van der Waals surface area contributed by atoms with Crippen LogP contribution >= 0.6 is 0 Å². The molecule has 0 spiro atoms. The molecule has 1 saturated carbocycles. The number of rotatable bonds is 5. The molecule has 1 saturated heterocycles. The van der Waals surface area contributed by atoms with Crippen molar-refractivity contribution in [1.29, 1.82) is 0 Å². The summed E-state index contributed by atoms with van der Waals surface area (Å²) in [5.74, 6) is 0.658. The quantitative estimate of drug-likeness (QED) is 0.752. The molecule has 92 valence electrons. The van der Waals surface area contributed by atoms with E-state index in [2.05, 4.69) is 0 Å². The van der Waals surface area contributed by atoms with Gasteiger partial charge in [-0.1, -0.05) is 6.92 Å². The molecule has 0 bridgehead atoms. The third-order valence-electron chi connectivity index (χ3n) is 3.51. The number of nitrogens with two attached hydrogens (primary N) is 1. The van der Waals surface area contributed by atoms with Crippen LogP contribution in [0.1, 0.15) is 32.6 Å². The van der Waals surface area contributed by atoms with Crippen molar-refractivity contribution in [2.45, 2.75) is 44.7 Å². The standard InChI is InChI=1S/C12H22N2O2/c1-2-11(13)12(15)14(10-3-4-10)7-9-5-6-16-8-9/h9-11H,2-8,13H2,1H3/t9?,11-/m0/s1. The second-order valence-corrected chi connectivity index (χ2v) is 4.97. The Labute approximate surface area is 97.1 Å². The van der Waals surface area contributed by atoms with Crippen molar-refractivity contribution in [3.8, 4) is 0 Å². The van der Waals surface area contributed by atoms with Gasteiger partial charge in [-0.25, -0.2) is 0 Å². The van der Waals surface area contributed by atoms with Crippen LogP contribution in [-0.4, -0.2) is 42.6 Å². The Hall–Kier alpha value is -0.610. The lowest BCUT2D eigenvalue weighted by molar-refractivity contribution is -0.133. The summed E-state index contributed by atoms with van der Waals surface area (Å²) in [5.41, 5.74) is 5.83. The molecule has 0 aromatic heterocycles. The van der Waals surface area contributed by atoms with E-state index in [1.807, 2.05) is 11.8 Å². The Kier molecular flexibility index (Phi) is 3.82. The van der Waals surface area contributed by atoms with Crippen LogP contribution < -0.4 is 5.73 Å². The maximum absolute atomic E-state index is 12.1. The van der Waals surface area contributed by atoms with Gasteiger partial charge in [0.2, 0.25) is 5.91 Å². The normalized spacial score (nSPS) is 26.8. The number of hydrogen-bond donors (Lipinski definition) is 1. The zero-order valence-electron chi connectivity index (χ0n) is 10.0. The molecular formula is C12H22N2O2. The molecule has 0 radical (unpaired) electrons. The van der Waals surface area contributed by atoms with Gasteiger partial charge in [-0.3, -0.25) is 4.79 Å². The largest absolute Gasteiger partial charge is 0.381 e. The van der Waals surface area contributed by atoms with Crippen molar-refractivity contribution in [3.63, 3.8) is 0 Å². The van der Waals surface area contributed by atoms with Crippen LogP contribution in [0.5, 0.6) is 0 Å². The van der Waals surface area contributed by atoms with Gasteiger partial charge in [-0.2, -0.15) is 0 Å². The van der Waals surface area contributed by atoms with Gasteiger partial charge in [0.1, 0.15) is 0 Å². The number of carbonyl (C=O) groups is 1. The first kappa shape index (κ1) is 11.9. The number of ether oxygens (including phenoxy) is 1. The second kappa shape index (κ2) is 5.15. The van der Waals surface area contributed by atoms with Crippen LogP contribution in [0.15, 0.2) is 0 Å². The highest BCUT2D eigenvalue weighted by molar-refractivity contribution is 5.82. The predicted molar refractivity (Wildman–Crippen MR) is 61.9 cm³/mol. The van der Waals surface area contributed by atoms with E-state index in [0.29, 0.717) is 12.0 Å². The van der Waals surface area contributed by atoms with Gasteiger partial charge in [0.25, 0.3) is 0 Å². The highest BCUT2D eigenvalue weighted by atomic mass is 16.5. The van der Waals surface area contributed by atoms with E-state index in [-0.39, 0.29) is 11.9 Å².